The number of hydrogen-bond acceptors (Lipinski definition) is 4. The predicted octanol–water partition coefficient (Wildman–Crippen LogP) is 6.35. The van der Waals surface area contributed by atoms with Gasteiger partial charge in [0.1, 0.15) is 17.1 Å². The topological polar surface area (TPSA) is 42.4 Å². The molecule has 8 heteroatoms. The third-order valence-corrected chi connectivity index (χ3v) is 5.89. The number of amides is 1. The van der Waals surface area contributed by atoms with Crippen molar-refractivity contribution in [3.8, 4) is 5.75 Å². The number of hydrogen-bond donors (Lipinski definition) is 0. The maximum Gasteiger partial charge on any atom is 0.267 e. The van der Waals surface area contributed by atoms with Crippen LogP contribution in [0.5, 0.6) is 5.75 Å². The van der Waals surface area contributed by atoms with Gasteiger partial charge in [0.05, 0.1) is 16.3 Å². The summed E-state index contributed by atoms with van der Waals surface area (Å²) < 4.78 is 20.4. The third-order valence-electron chi connectivity index (χ3n) is 4.32. The minimum Gasteiger partial charge on any atom is -0.482 e. The van der Waals surface area contributed by atoms with E-state index in [-0.39, 0.29) is 24.6 Å². The van der Waals surface area contributed by atoms with Gasteiger partial charge >= 0.3 is 0 Å². The molecule has 0 aliphatic carbocycles. The quantitative estimate of drug-likeness (QED) is 0.336. The lowest BCUT2D eigenvalue weighted by Crippen LogP contribution is -2.34. The monoisotopic (exact) mass is 460 g/mol. The lowest BCUT2D eigenvalue weighted by atomic mass is 10.2. The van der Waals surface area contributed by atoms with Crippen LogP contribution in [0.15, 0.2) is 66.7 Å². The highest BCUT2D eigenvalue weighted by Crippen LogP contribution is 2.32. The number of fused-ring (bicyclic) bond motifs is 1. The Morgan fingerprint density at radius 2 is 1.87 bits per heavy atom. The Labute approximate surface area is 186 Å². The van der Waals surface area contributed by atoms with Crippen LogP contribution in [0.2, 0.25) is 10.0 Å². The third kappa shape index (κ3) is 4.56. The highest BCUT2D eigenvalue weighted by molar-refractivity contribution is 7.22. The first kappa shape index (κ1) is 20.6. The Morgan fingerprint density at radius 3 is 2.60 bits per heavy atom. The summed E-state index contributed by atoms with van der Waals surface area (Å²) in [7, 11) is 0. The molecule has 0 atom stereocenters. The van der Waals surface area contributed by atoms with Crippen molar-refractivity contribution in [2.24, 2.45) is 0 Å². The fourth-order valence-corrected chi connectivity index (χ4v) is 4.32. The molecule has 0 aliphatic rings. The summed E-state index contributed by atoms with van der Waals surface area (Å²) in [6.45, 7) is 0.0193. The summed E-state index contributed by atoms with van der Waals surface area (Å²) in [4.78, 5) is 18.9. The van der Waals surface area contributed by atoms with Crippen LogP contribution in [-0.4, -0.2) is 17.5 Å². The summed E-state index contributed by atoms with van der Waals surface area (Å²) in [5, 5.41) is 1.18. The molecule has 0 unspecified atom stereocenters. The number of para-hydroxylation sites is 1. The van der Waals surface area contributed by atoms with Crippen molar-refractivity contribution in [2.75, 3.05) is 11.5 Å². The molecule has 0 saturated heterocycles. The molecule has 0 bridgehead atoms. The van der Waals surface area contributed by atoms with Crippen LogP contribution in [0.25, 0.3) is 10.2 Å². The smallest absolute Gasteiger partial charge is 0.267 e. The number of thiazole rings is 1. The fraction of sp³-hybridized carbons (Fsp3) is 0.0909. The van der Waals surface area contributed by atoms with Crippen molar-refractivity contribution in [2.45, 2.75) is 6.54 Å². The zero-order valence-corrected chi connectivity index (χ0v) is 17.8. The Kier molecular flexibility index (Phi) is 6.18. The Balaban J connectivity index is 1.62. The van der Waals surface area contributed by atoms with Crippen molar-refractivity contribution in [1.29, 1.82) is 0 Å². The van der Waals surface area contributed by atoms with Crippen LogP contribution >= 0.6 is 34.5 Å². The lowest BCUT2D eigenvalue weighted by molar-refractivity contribution is -0.120. The molecule has 0 N–H and O–H groups in total. The summed E-state index contributed by atoms with van der Waals surface area (Å²) >= 11 is 13.3. The fourth-order valence-electron chi connectivity index (χ4n) is 2.86. The number of anilines is 1. The van der Waals surface area contributed by atoms with Gasteiger partial charge in [-0.15, -0.1) is 0 Å². The average Bonchev–Trinajstić information content (AvgIpc) is 3.17. The van der Waals surface area contributed by atoms with Gasteiger partial charge in [-0.05, 0) is 35.9 Å². The van der Waals surface area contributed by atoms with Gasteiger partial charge in [-0.3, -0.25) is 9.69 Å². The highest BCUT2D eigenvalue weighted by atomic mass is 35.5. The molecule has 1 heterocycles. The van der Waals surface area contributed by atoms with Gasteiger partial charge in [0.25, 0.3) is 5.91 Å². The second-order valence-electron chi connectivity index (χ2n) is 6.41. The summed E-state index contributed by atoms with van der Waals surface area (Å²) in [5.41, 5.74) is 1.15. The highest BCUT2D eigenvalue weighted by Gasteiger charge is 2.22. The van der Waals surface area contributed by atoms with E-state index in [1.807, 2.05) is 30.3 Å². The molecular formula is C22H15Cl2FN2O2S. The molecule has 152 valence electrons. The van der Waals surface area contributed by atoms with Crippen LogP contribution in [0.3, 0.4) is 0 Å². The van der Waals surface area contributed by atoms with E-state index in [2.05, 4.69) is 4.98 Å². The van der Waals surface area contributed by atoms with Gasteiger partial charge in [0, 0.05) is 5.02 Å². The van der Waals surface area contributed by atoms with Crippen molar-refractivity contribution in [3.05, 3.63) is 88.2 Å². The zero-order chi connectivity index (χ0) is 21.1. The Hall–Kier alpha value is -2.67. The first-order valence-electron chi connectivity index (χ1n) is 8.98. The van der Waals surface area contributed by atoms with E-state index in [1.54, 1.807) is 30.3 Å². The SMILES string of the molecule is O=C(COc1ccc(Cl)cc1Cl)N(Cc1ccccc1)c1nc2c(F)cccc2s1. The van der Waals surface area contributed by atoms with Crippen molar-refractivity contribution >= 4 is 55.8 Å². The minimum absolute atomic E-state index is 0.241. The number of rotatable bonds is 6. The molecule has 4 nitrogen and oxygen atoms in total. The molecule has 1 amide bonds. The zero-order valence-electron chi connectivity index (χ0n) is 15.5. The van der Waals surface area contributed by atoms with Gasteiger partial charge in [-0.25, -0.2) is 9.37 Å². The summed E-state index contributed by atoms with van der Waals surface area (Å²) in [6.07, 6.45) is 0. The number of carbonyl (C=O) groups is 1. The molecule has 0 fully saturated rings. The molecule has 1 aromatic heterocycles. The predicted molar refractivity (Wildman–Crippen MR) is 119 cm³/mol. The van der Waals surface area contributed by atoms with Gasteiger partial charge in [0.15, 0.2) is 11.7 Å². The van der Waals surface area contributed by atoms with Crippen LogP contribution in [0, 0.1) is 5.82 Å². The van der Waals surface area contributed by atoms with Crippen LogP contribution < -0.4 is 9.64 Å². The Morgan fingerprint density at radius 1 is 1.07 bits per heavy atom. The number of benzene rings is 3. The van der Waals surface area contributed by atoms with Crippen molar-refractivity contribution < 1.29 is 13.9 Å². The van der Waals surface area contributed by atoms with Crippen LogP contribution in [0.1, 0.15) is 5.56 Å². The van der Waals surface area contributed by atoms with E-state index in [0.29, 0.717) is 25.6 Å². The molecule has 4 rings (SSSR count). The molecule has 0 aliphatic heterocycles. The second kappa shape index (κ2) is 9.00. The van der Waals surface area contributed by atoms with E-state index in [0.717, 1.165) is 5.56 Å². The van der Waals surface area contributed by atoms with Gasteiger partial charge < -0.3 is 4.74 Å². The minimum atomic E-state index is -0.425. The van der Waals surface area contributed by atoms with E-state index < -0.39 is 5.82 Å². The molecule has 3 aromatic carbocycles. The number of aromatic nitrogens is 1. The molecule has 30 heavy (non-hydrogen) atoms. The normalized spacial score (nSPS) is 10.9. The van der Waals surface area contributed by atoms with Gasteiger partial charge in [-0.2, -0.15) is 0 Å². The molecule has 0 saturated carbocycles. The first-order valence-corrected chi connectivity index (χ1v) is 10.6. The van der Waals surface area contributed by atoms with Gasteiger partial charge in [0.2, 0.25) is 0 Å². The maximum absolute atomic E-state index is 14.1. The number of carbonyl (C=O) groups excluding carboxylic acids is 1. The molecule has 4 aromatic rings. The van der Waals surface area contributed by atoms with Gasteiger partial charge in [-0.1, -0.05) is 70.9 Å². The first-order chi connectivity index (χ1) is 14.5. The summed E-state index contributed by atoms with van der Waals surface area (Å²) in [6, 6.07) is 19.0. The maximum atomic E-state index is 14.1. The largest absolute Gasteiger partial charge is 0.482 e. The second-order valence-corrected chi connectivity index (χ2v) is 8.26. The lowest BCUT2D eigenvalue weighted by Gasteiger charge is -2.20. The van der Waals surface area contributed by atoms with Crippen molar-refractivity contribution in [1.82, 2.24) is 4.98 Å². The summed E-state index contributed by atoms with van der Waals surface area (Å²) in [5.74, 6) is -0.403. The average molecular weight is 461 g/mol. The number of nitrogens with zero attached hydrogens (tertiary/aromatic N) is 2. The van der Waals surface area contributed by atoms with E-state index in [1.165, 1.54) is 22.3 Å². The Bertz CT molecular complexity index is 1200. The number of ether oxygens (including phenoxy) is 1. The molecule has 0 radical (unpaired) electrons. The van der Waals surface area contributed by atoms with Crippen molar-refractivity contribution in [3.63, 3.8) is 0 Å². The van der Waals surface area contributed by atoms with Crippen LogP contribution in [-0.2, 0) is 11.3 Å². The standard InChI is InChI=1S/C22H15Cl2FN2O2S/c23-15-9-10-18(16(24)11-15)29-13-20(28)27(12-14-5-2-1-3-6-14)22-26-21-17(25)7-4-8-19(21)30-22/h1-11H,12-13H2. The van der Waals surface area contributed by atoms with Crippen LogP contribution in [0.4, 0.5) is 9.52 Å². The van der Waals surface area contributed by atoms with E-state index >= 15 is 0 Å². The van der Waals surface area contributed by atoms with E-state index in [9.17, 15) is 9.18 Å². The van der Waals surface area contributed by atoms with E-state index in [4.69, 9.17) is 27.9 Å². The number of halogens is 3. The molecule has 0 spiro atoms. The molecular weight excluding hydrogens is 446 g/mol.